The van der Waals surface area contributed by atoms with Crippen LogP contribution in [0.15, 0.2) is 132 Å². The number of anilines is 3. The van der Waals surface area contributed by atoms with Crippen molar-refractivity contribution in [2.45, 2.75) is 66.8 Å². The zero-order chi connectivity index (χ0) is 60.3. The van der Waals surface area contributed by atoms with E-state index in [1.807, 2.05) is 81.1 Å². The summed E-state index contributed by atoms with van der Waals surface area (Å²) in [6.45, 7) is 17.8. The van der Waals surface area contributed by atoms with E-state index in [4.69, 9.17) is 66.3 Å². The van der Waals surface area contributed by atoms with Gasteiger partial charge in [0.25, 0.3) is 11.8 Å². The molecule has 5 N–H and O–H groups in total. The molecule has 19 heteroatoms. The Morgan fingerprint density at radius 2 is 1.20 bits per heavy atom. The van der Waals surface area contributed by atoms with E-state index in [1.54, 1.807) is 73.8 Å². The molecule has 7 aromatic carbocycles. The molecular weight excluding hydrogens is 1150 g/mol. The monoisotopic (exact) mass is 1210 g/mol. The van der Waals surface area contributed by atoms with Crippen LogP contribution in [0.3, 0.4) is 0 Å². The number of carbonyl (C=O) groups is 3. The average Bonchev–Trinajstić information content (AvgIpc) is 4.26. The zero-order valence-electron chi connectivity index (χ0n) is 48.1. The molecule has 2 saturated heterocycles. The Balaban J connectivity index is 0.000000204. The smallest absolute Gasteiger partial charge is 0.323 e. The van der Waals surface area contributed by atoms with Crippen LogP contribution in [0.1, 0.15) is 79.8 Å². The lowest BCUT2D eigenvalue weighted by molar-refractivity contribution is 0.0725. The predicted molar refractivity (Wildman–Crippen MR) is 339 cm³/mol. The maximum absolute atomic E-state index is 13.7. The van der Waals surface area contributed by atoms with Gasteiger partial charge in [0.05, 0.1) is 44.3 Å². The molecule has 0 unspecified atom stereocenters. The van der Waals surface area contributed by atoms with Crippen LogP contribution in [-0.4, -0.2) is 98.1 Å². The summed E-state index contributed by atoms with van der Waals surface area (Å²) in [6.07, 6.45) is 6.25. The number of aliphatic imine (C=N–C) groups is 1. The Hall–Kier alpha value is -7.59. The van der Waals surface area contributed by atoms with Gasteiger partial charge in [0.1, 0.15) is 23.0 Å². The van der Waals surface area contributed by atoms with E-state index in [0.29, 0.717) is 90.8 Å². The van der Waals surface area contributed by atoms with Crippen LogP contribution in [0, 0.1) is 34.6 Å². The molecule has 0 bridgehead atoms. The number of benzene rings is 7. The van der Waals surface area contributed by atoms with E-state index in [2.05, 4.69) is 43.7 Å². The number of hydrogen-bond acceptors (Lipinski definition) is 11. The molecule has 440 valence electrons. The van der Waals surface area contributed by atoms with Gasteiger partial charge >= 0.3 is 6.03 Å². The highest BCUT2D eigenvalue weighted by Gasteiger charge is 2.22. The molecule has 2 heterocycles. The highest BCUT2D eigenvalue weighted by molar-refractivity contribution is 6.42. The summed E-state index contributed by atoms with van der Waals surface area (Å²) < 4.78 is 17.7. The van der Waals surface area contributed by atoms with Crippen molar-refractivity contribution in [3.63, 3.8) is 0 Å². The molecule has 84 heavy (non-hydrogen) atoms. The van der Waals surface area contributed by atoms with E-state index in [1.165, 1.54) is 43.4 Å². The van der Waals surface area contributed by atoms with E-state index in [0.717, 1.165) is 78.6 Å². The number of nitrogens with one attached hydrogen (secondary N) is 3. The minimum absolute atomic E-state index is 0.0544. The number of likely N-dealkylation sites (tertiary alicyclic amines) is 2. The lowest BCUT2D eigenvalue weighted by atomic mass is 10.1. The van der Waals surface area contributed by atoms with E-state index in [-0.39, 0.29) is 11.8 Å². The number of halogens is 4. The Morgan fingerprint density at radius 1 is 0.607 bits per heavy atom. The second kappa shape index (κ2) is 31.3. The number of nitrogens with two attached hydrogens (primary N) is 1. The van der Waals surface area contributed by atoms with Gasteiger partial charge in [-0.2, -0.15) is 4.99 Å². The minimum Gasteiger partial charge on any atom is -0.496 e. The topological polar surface area (TPSA) is 180 Å². The lowest BCUT2D eigenvalue weighted by Crippen LogP contribution is -2.37. The molecule has 0 radical (unpaired) electrons. The Bertz CT molecular complexity index is 3490. The molecule has 2 aliphatic heterocycles. The summed E-state index contributed by atoms with van der Waals surface area (Å²) >= 11 is 23.3. The first-order chi connectivity index (χ1) is 40.3. The molecule has 0 aromatic heterocycles. The Morgan fingerprint density at radius 3 is 1.80 bits per heavy atom. The van der Waals surface area contributed by atoms with Crippen molar-refractivity contribution in [3.05, 3.63) is 192 Å². The van der Waals surface area contributed by atoms with Gasteiger partial charge in [-0.1, -0.05) is 70.7 Å². The summed E-state index contributed by atoms with van der Waals surface area (Å²) in [5.41, 5.74) is 15.7. The number of aryl methyl sites for hydroxylation is 5. The number of nitrogens with zero attached hydrogens (tertiary/aromatic N) is 4. The minimum atomic E-state index is -0.519. The maximum Gasteiger partial charge on any atom is 0.323 e. The third-order valence-corrected chi connectivity index (χ3v) is 15.8. The molecule has 0 aliphatic carbocycles. The molecule has 0 atom stereocenters. The summed E-state index contributed by atoms with van der Waals surface area (Å²) in [7, 11) is 1.67. The molecule has 9 rings (SSSR count). The van der Waals surface area contributed by atoms with Crippen molar-refractivity contribution in [1.82, 2.24) is 20.0 Å². The largest absolute Gasteiger partial charge is 0.496 e. The van der Waals surface area contributed by atoms with E-state index < -0.39 is 6.03 Å². The van der Waals surface area contributed by atoms with Gasteiger partial charge in [0, 0.05) is 55.1 Å². The van der Waals surface area contributed by atoms with E-state index in [9.17, 15) is 19.2 Å². The fourth-order valence-corrected chi connectivity index (χ4v) is 9.82. The van der Waals surface area contributed by atoms with Gasteiger partial charge in [0.2, 0.25) is 6.08 Å². The number of nitrogen functional groups attached to an aromatic ring is 1. The van der Waals surface area contributed by atoms with Crippen molar-refractivity contribution in [1.29, 1.82) is 0 Å². The third-order valence-electron chi connectivity index (χ3n) is 14.3. The van der Waals surface area contributed by atoms with Crippen LogP contribution < -0.4 is 35.9 Å². The summed E-state index contributed by atoms with van der Waals surface area (Å²) in [5, 5.41) is 10.0. The summed E-state index contributed by atoms with van der Waals surface area (Å²) in [4.78, 5) is 59.2. The van der Waals surface area contributed by atoms with Crippen LogP contribution in [-0.2, 0) is 11.3 Å². The number of ether oxygens (including phenoxy) is 3. The number of rotatable bonds is 18. The number of carbonyl (C=O) groups excluding carboxylic acids is 4. The van der Waals surface area contributed by atoms with Gasteiger partial charge in [-0.15, -0.1) is 0 Å². The number of hydrogen-bond donors (Lipinski definition) is 4. The standard InChI is InChI=1S/C30H37N3O3.C28H30Cl2N4O3.C7H3Cl2NO/c1-21-7-9-25(29(17-21)35-4)20-33(16-15-32-13-5-6-14-32)30(34)24-10-12-28(27(31)19-24)36-26-11-8-22(2)23(3)18-26;1-18-5-8-22(15-19(18)2)37-26-10-6-20(27(35)31-11-14-34-12-3-4-13-34)16-25(26)33-28(36)32-21-7-9-23(29)24(30)17-21;8-6-2-1-5(10-4-11)3-7(6)9/h7-12,17-19H,5-6,13-16,20,31H2,1-4H3;5-10,15-17H,3-4,11-14H2,1-2H3,(H,31,35)(H2,32,33,36);1-3H. The van der Waals surface area contributed by atoms with Gasteiger partial charge in [-0.05, 0) is 217 Å². The molecule has 4 amide bonds. The lowest BCUT2D eigenvalue weighted by Gasteiger charge is -2.27. The molecule has 2 fully saturated rings. The van der Waals surface area contributed by atoms with Crippen molar-refractivity contribution < 1.29 is 33.4 Å². The Labute approximate surface area is 512 Å². The SMILES string of the molecule is COc1cc(C)ccc1CN(CCN1CCCC1)C(=O)c1ccc(Oc2ccc(C)c(C)c2)c(N)c1.Cc1ccc(Oc2ccc(C(=O)NCCN3CCCC3)cc2NC(=O)Nc2ccc(Cl)c(Cl)c2)cc1C.O=C=Nc1ccc(Cl)c(Cl)c1. The second-order valence-electron chi connectivity index (χ2n) is 20.6. The molecule has 0 spiro atoms. The normalized spacial score (nSPS) is 12.8. The fraction of sp³-hybridized carbons (Fsp3) is 0.292. The quantitative estimate of drug-likeness (QED) is 0.0367. The van der Waals surface area contributed by atoms with Crippen LogP contribution in [0.2, 0.25) is 20.1 Å². The Kier molecular flexibility index (Phi) is 23.9. The second-order valence-corrected chi connectivity index (χ2v) is 22.2. The van der Waals surface area contributed by atoms with Gasteiger partial charge in [-0.3, -0.25) is 9.59 Å². The maximum atomic E-state index is 13.7. The van der Waals surface area contributed by atoms with Crippen molar-refractivity contribution in [3.8, 4) is 28.7 Å². The number of urea groups is 1. The van der Waals surface area contributed by atoms with Crippen LogP contribution >= 0.6 is 46.4 Å². The average molecular weight is 1220 g/mol. The highest BCUT2D eigenvalue weighted by atomic mass is 35.5. The van der Waals surface area contributed by atoms with Crippen molar-refractivity contribution in [2.75, 3.05) is 75.8 Å². The fourth-order valence-electron chi connectivity index (χ4n) is 9.23. The molecule has 2 aliphatic rings. The first-order valence-electron chi connectivity index (χ1n) is 27.6. The van der Waals surface area contributed by atoms with Crippen LogP contribution in [0.25, 0.3) is 0 Å². The highest BCUT2D eigenvalue weighted by Crippen LogP contribution is 2.34. The number of isocyanates is 1. The third kappa shape index (κ3) is 19.0. The van der Waals surface area contributed by atoms with Crippen molar-refractivity contribution >= 4 is 93.1 Å². The number of methoxy groups -OCH3 is 1. The van der Waals surface area contributed by atoms with Gasteiger partial charge in [-0.25, -0.2) is 9.59 Å². The van der Waals surface area contributed by atoms with E-state index >= 15 is 0 Å². The zero-order valence-corrected chi connectivity index (χ0v) is 51.1. The molecular formula is C65H70Cl4N8O7. The first kappa shape index (κ1) is 64.0. The van der Waals surface area contributed by atoms with Crippen LogP contribution in [0.5, 0.6) is 28.7 Å². The summed E-state index contributed by atoms with van der Waals surface area (Å²) in [5.74, 6) is 2.82. The predicted octanol–water partition coefficient (Wildman–Crippen LogP) is 15.6. The molecule has 0 saturated carbocycles. The molecule has 15 nitrogen and oxygen atoms in total. The van der Waals surface area contributed by atoms with Gasteiger partial charge in [0.15, 0.2) is 5.75 Å². The summed E-state index contributed by atoms with van der Waals surface area (Å²) in [6, 6.07) is 37.0. The van der Waals surface area contributed by atoms with Gasteiger partial charge < -0.3 is 50.6 Å². The number of amides is 4. The van der Waals surface area contributed by atoms with Crippen molar-refractivity contribution in [2.24, 2.45) is 4.99 Å². The van der Waals surface area contributed by atoms with Crippen LogP contribution in [0.4, 0.5) is 27.5 Å². The molecule has 7 aromatic rings. The first-order valence-corrected chi connectivity index (χ1v) is 29.1.